The van der Waals surface area contributed by atoms with E-state index in [-0.39, 0.29) is 51.0 Å². The second-order valence-electron chi connectivity index (χ2n) is 21.1. The summed E-state index contributed by atoms with van der Waals surface area (Å²) in [7, 11) is 0. The minimum absolute atomic E-state index is 0.0871. The second kappa shape index (κ2) is 27.9. The number of Topliss-reactive ketones (excluding diaryl/α,β-unsaturated/α-hetero) is 1. The zero-order valence-corrected chi connectivity index (χ0v) is 44.8. The van der Waals surface area contributed by atoms with E-state index in [1.54, 1.807) is 85.8 Å². The van der Waals surface area contributed by atoms with Crippen molar-refractivity contribution in [2.75, 3.05) is 24.6 Å². The number of aliphatic carboxylic acids is 1. The van der Waals surface area contributed by atoms with Gasteiger partial charge in [-0.2, -0.15) is 0 Å². The molecule has 23 heteroatoms. The Kier molecular flexibility index (Phi) is 24.0. The summed E-state index contributed by atoms with van der Waals surface area (Å²) >= 11 is 3.28. The highest BCUT2D eigenvalue weighted by Gasteiger charge is 2.53. The Morgan fingerprint density at radius 1 is 0.761 bits per heavy atom. The molecule has 1 aliphatic carbocycles. The van der Waals surface area contributed by atoms with Gasteiger partial charge < -0.3 is 51.0 Å². The Bertz CT molecular complexity index is 1870. The molecule has 2 saturated heterocycles. The number of nitrogens with zero attached hydrogens (tertiary/aromatic N) is 1. The number of hydrogen-bond donors (Lipinski definition) is 9. The van der Waals surface area contributed by atoms with Crippen molar-refractivity contribution in [3.8, 4) is 0 Å². The summed E-state index contributed by atoms with van der Waals surface area (Å²) < 4.78 is 10.3. The molecule has 0 aromatic heterocycles. The molecule has 0 bridgehead atoms. The topological polar surface area (TPSA) is 308 Å². The summed E-state index contributed by atoms with van der Waals surface area (Å²) in [6, 6.07) is -6.80. The number of rotatable bonds is 26. The van der Waals surface area contributed by atoms with Crippen molar-refractivity contribution >= 4 is 76.8 Å². The van der Waals surface area contributed by atoms with Gasteiger partial charge in [0.2, 0.25) is 29.4 Å². The first kappa shape index (κ1) is 61.3. The lowest BCUT2D eigenvalue weighted by atomic mass is 9.82. The lowest BCUT2D eigenvalue weighted by Crippen LogP contribution is -2.64. The normalized spacial score (nSPS) is 20.2. The fourth-order valence-corrected chi connectivity index (χ4v) is 12.2. The predicted octanol–water partition coefficient (Wildman–Crippen LogP) is 1.84. The van der Waals surface area contributed by atoms with E-state index >= 15 is 4.79 Å². The number of carbonyl (C=O) groups excluding carboxylic acids is 8. The first-order chi connectivity index (χ1) is 33.0. The van der Waals surface area contributed by atoms with Crippen LogP contribution in [-0.4, -0.2) is 162 Å². The summed E-state index contributed by atoms with van der Waals surface area (Å²) in [6.45, 7) is 16.1. The van der Waals surface area contributed by atoms with E-state index in [4.69, 9.17) is 14.6 Å². The van der Waals surface area contributed by atoms with Gasteiger partial charge in [0.05, 0.1) is 28.2 Å². The highest BCUT2D eigenvalue weighted by Crippen LogP contribution is 2.52. The number of carboxylic acids is 1. The molecule has 0 aromatic rings. The van der Waals surface area contributed by atoms with E-state index in [2.05, 4.69) is 31.9 Å². The average Bonchev–Trinajstić information content (AvgIpc) is 3.90. The van der Waals surface area contributed by atoms with Gasteiger partial charge in [-0.15, -0.1) is 23.5 Å². The monoisotopic (exact) mass is 1040 g/mol. The molecular formula is C48H81N7O14S2. The molecule has 8 atom stereocenters. The third-order valence-corrected chi connectivity index (χ3v) is 15.6. The quantitative estimate of drug-likeness (QED) is 0.0339. The SMILES string of the molecule is CCCC(NC(=O)[C@@H]1CC2(CN1C(=O)C(N[C@@H](O)C(N[C@H](O)C(CCC(=O)OC(C)(C)C)NC(=O)C(CCC(=O)OC(C)(C)C)NC(C)=O)C(C)C)C1CCCCC1)SCCS2)C(=O)C(=O)NCC(=O)O. The first-order valence-corrected chi connectivity index (χ1v) is 26.8. The summed E-state index contributed by atoms with van der Waals surface area (Å²) in [5.41, 5.74) is -1.62. The zero-order valence-electron chi connectivity index (χ0n) is 43.2. The van der Waals surface area contributed by atoms with Crippen molar-refractivity contribution in [3.63, 3.8) is 0 Å². The van der Waals surface area contributed by atoms with Crippen LogP contribution in [0.5, 0.6) is 0 Å². The third kappa shape index (κ3) is 20.4. The number of nitrogens with one attached hydrogen (secondary N) is 6. The Hall–Kier alpha value is -4.03. The fraction of sp³-hybridized carbons (Fsp3) is 0.812. The highest BCUT2D eigenvalue weighted by molar-refractivity contribution is 8.21. The van der Waals surface area contributed by atoms with Gasteiger partial charge in [-0.05, 0) is 85.5 Å². The highest BCUT2D eigenvalue weighted by atomic mass is 32.2. The van der Waals surface area contributed by atoms with Crippen LogP contribution in [0, 0.1) is 11.8 Å². The minimum Gasteiger partial charge on any atom is -0.480 e. The van der Waals surface area contributed by atoms with E-state index < -0.39 is 130 Å². The molecule has 5 amide bonds. The molecule has 0 aromatic carbocycles. The number of esters is 2. The van der Waals surface area contributed by atoms with Gasteiger partial charge in [0.1, 0.15) is 42.3 Å². The van der Waals surface area contributed by atoms with Crippen molar-refractivity contribution in [3.05, 3.63) is 0 Å². The summed E-state index contributed by atoms with van der Waals surface area (Å²) in [5, 5.41) is 49.4. The van der Waals surface area contributed by atoms with Crippen molar-refractivity contribution in [1.29, 1.82) is 0 Å². The second-order valence-corrected chi connectivity index (χ2v) is 24.3. The molecule has 5 unspecified atom stereocenters. The Labute approximate surface area is 426 Å². The molecule has 2 heterocycles. The molecule has 3 rings (SSSR count). The number of likely N-dealkylation sites (tertiary alicyclic amines) is 1. The van der Waals surface area contributed by atoms with Crippen LogP contribution >= 0.6 is 23.5 Å². The number of aliphatic hydroxyl groups excluding tert-OH is 2. The lowest BCUT2D eigenvalue weighted by molar-refractivity contribution is -0.156. The molecule has 404 valence electrons. The number of ether oxygens (including phenoxy) is 2. The van der Waals surface area contributed by atoms with Gasteiger partial charge in [-0.3, -0.25) is 53.8 Å². The first-order valence-electron chi connectivity index (χ1n) is 24.9. The third-order valence-electron chi connectivity index (χ3n) is 12.2. The van der Waals surface area contributed by atoms with Crippen LogP contribution in [0.3, 0.4) is 0 Å². The maximum atomic E-state index is 15.2. The molecule has 71 heavy (non-hydrogen) atoms. The Morgan fingerprint density at radius 3 is 1.86 bits per heavy atom. The molecule has 1 spiro atoms. The predicted molar refractivity (Wildman–Crippen MR) is 267 cm³/mol. The largest absolute Gasteiger partial charge is 0.480 e. The molecule has 0 radical (unpaired) electrons. The standard InChI is InChI=1S/C48H81N7O14S2/c1-11-15-30(39(61)44(66)49-25-34(57)58)51-42(64)33-24-48(70-22-23-71-48)26-55(33)45(67)38(29-16-13-12-14-17-29)54-43(65)37(27(2)3)53-41(63)32(19-21-36(60)69-47(8,9)10)52-40(62)31(50-28(4)56)18-20-35(59)68-46(5,6)7/h27,29-33,37-38,41,43,53-54,63,65H,11-26H2,1-10H3,(H,49,66)(H,50,56)(H,51,64)(H,52,62)(H,57,58)/t30?,31?,32?,33-,37?,38?,41+,43-/m0/s1. The molecule has 21 nitrogen and oxygen atoms in total. The van der Waals surface area contributed by atoms with Crippen LogP contribution in [0.4, 0.5) is 0 Å². The molecule has 9 N–H and O–H groups in total. The molecule has 1 saturated carbocycles. The van der Waals surface area contributed by atoms with Crippen molar-refractivity contribution < 1.29 is 67.9 Å². The smallest absolute Gasteiger partial charge is 0.322 e. The molecular weight excluding hydrogens is 963 g/mol. The summed E-state index contributed by atoms with van der Waals surface area (Å²) in [4.78, 5) is 120. The number of aliphatic hydroxyl groups is 2. The summed E-state index contributed by atoms with van der Waals surface area (Å²) in [6.07, 6.45) is 0.685. The minimum atomic E-state index is -1.63. The van der Waals surface area contributed by atoms with Gasteiger partial charge in [0.15, 0.2) is 0 Å². The Morgan fingerprint density at radius 2 is 1.34 bits per heavy atom. The molecule has 3 aliphatic rings. The van der Waals surface area contributed by atoms with Crippen LogP contribution < -0.4 is 31.9 Å². The fourth-order valence-electron chi connectivity index (χ4n) is 8.97. The number of amides is 5. The number of ketones is 1. The summed E-state index contributed by atoms with van der Waals surface area (Å²) in [5.74, 6) is -6.23. The number of carboxylic acid groups (broad SMARTS) is 1. The van der Waals surface area contributed by atoms with E-state index in [9.17, 15) is 48.6 Å². The van der Waals surface area contributed by atoms with E-state index in [0.29, 0.717) is 19.3 Å². The number of thioether (sulfide) groups is 2. The van der Waals surface area contributed by atoms with Gasteiger partial charge in [-0.1, -0.05) is 46.5 Å². The Balaban J connectivity index is 1.94. The van der Waals surface area contributed by atoms with Crippen LogP contribution in [0.15, 0.2) is 0 Å². The van der Waals surface area contributed by atoms with Gasteiger partial charge >= 0.3 is 17.9 Å². The zero-order chi connectivity index (χ0) is 53.4. The van der Waals surface area contributed by atoms with E-state index in [0.717, 1.165) is 30.8 Å². The number of carbonyl (C=O) groups is 9. The van der Waals surface area contributed by atoms with Gasteiger partial charge in [0, 0.05) is 44.2 Å². The van der Waals surface area contributed by atoms with E-state index in [1.807, 2.05) is 0 Å². The van der Waals surface area contributed by atoms with Crippen LogP contribution in [0.2, 0.25) is 0 Å². The lowest BCUT2D eigenvalue weighted by Gasteiger charge is -2.39. The van der Waals surface area contributed by atoms with Gasteiger partial charge in [0.25, 0.3) is 5.91 Å². The van der Waals surface area contributed by atoms with E-state index in [1.165, 1.54) is 11.8 Å². The van der Waals surface area contributed by atoms with Crippen LogP contribution in [0.1, 0.15) is 146 Å². The van der Waals surface area contributed by atoms with Crippen molar-refractivity contribution in [2.24, 2.45) is 11.8 Å². The van der Waals surface area contributed by atoms with Crippen molar-refractivity contribution in [1.82, 2.24) is 36.8 Å². The van der Waals surface area contributed by atoms with Gasteiger partial charge in [-0.25, -0.2) is 0 Å². The maximum absolute atomic E-state index is 15.2. The van der Waals surface area contributed by atoms with Crippen LogP contribution in [-0.2, 0) is 52.6 Å². The van der Waals surface area contributed by atoms with Crippen molar-refractivity contribution in [2.45, 2.75) is 210 Å². The number of hydrogen-bond acceptors (Lipinski definition) is 17. The average molecular weight is 1040 g/mol. The molecule has 2 aliphatic heterocycles. The molecule has 3 fully saturated rings. The van der Waals surface area contributed by atoms with Crippen LogP contribution in [0.25, 0.3) is 0 Å². The maximum Gasteiger partial charge on any atom is 0.322 e.